The first-order valence-electron chi connectivity index (χ1n) is 7.19. The Morgan fingerprint density at radius 1 is 1.39 bits per heavy atom. The van der Waals surface area contributed by atoms with Gasteiger partial charge in [0.25, 0.3) is 0 Å². The van der Waals surface area contributed by atoms with E-state index in [1.165, 1.54) is 39.2 Å². The zero-order valence-corrected chi connectivity index (χ0v) is 12.0. The van der Waals surface area contributed by atoms with Crippen LogP contribution in [0.25, 0.3) is 0 Å². The summed E-state index contributed by atoms with van der Waals surface area (Å²) in [6.45, 7) is 5.00. The fourth-order valence-electron chi connectivity index (χ4n) is 2.67. The van der Waals surface area contributed by atoms with Gasteiger partial charge in [0.2, 0.25) is 0 Å². The van der Waals surface area contributed by atoms with Crippen LogP contribution in [0.2, 0.25) is 0 Å². The smallest absolute Gasteiger partial charge is 0.333 e. The first-order chi connectivity index (χ1) is 8.69. The number of hydrogen-bond acceptors (Lipinski definition) is 3. The Kier molecular flexibility index (Phi) is 7.02. The molecule has 1 atom stereocenters. The Hall–Kier alpha value is -0.830. The first-order valence-corrected chi connectivity index (χ1v) is 7.19. The van der Waals surface area contributed by atoms with Crippen molar-refractivity contribution in [2.24, 2.45) is 5.92 Å². The fourth-order valence-corrected chi connectivity index (χ4v) is 2.67. The first kappa shape index (κ1) is 15.2. The molecule has 0 radical (unpaired) electrons. The summed E-state index contributed by atoms with van der Waals surface area (Å²) in [5, 5.41) is 3.51. The summed E-state index contributed by atoms with van der Waals surface area (Å²) in [5.41, 5.74) is 0.765. The van der Waals surface area contributed by atoms with Gasteiger partial charge in [-0.1, -0.05) is 32.3 Å². The molecule has 0 aromatic rings. The van der Waals surface area contributed by atoms with Crippen molar-refractivity contribution < 1.29 is 9.53 Å². The molecular formula is C15H27NO2. The molecule has 0 aliphatic heterocycles. The van der Waals surface area contributed by atoms with Gasteiger partial charge < -0.3 is 10.1 Å². The maximum atomic E-state index is 11.4. The Morgan fingerprint density at radius 2 is 2.06 bits per heavy atom. The number of methoxy groups -OCH3 is 1. The van der Waals surface area contributed by atoms with Crippen molar-refractivity contribution in [2.45, 2.75) is 58.4 Å². The molecule has 1 N–H and O–H groups in total. The second kappa shape index (κ2) is 8.30. The van der Waals surface area contributed by atoms with Crippen molar-refractivity contribution in [1.82, 2.24) is 5.32 Å². The Labute approximate surface area is 111 Å². The van der Waals surface area contributed by atoms with E-state index in [1.54, 1.807) is 0 Å². The summed E-state index contributed by atoms with van der Waals surface area (Å²) >= 11 is 0. The number of rotatable bonds is 6. The predicted molar refractivity (Wildman–Crippen MR) is 74.4 cm³/mol. The van der Waals surface area contributed by atoms with Gasteiger partial charge in [-0.3, -0.25) is 0 Å². The summed E-state index contributed by atoms with van der Waals surface area (Å²) < 4.78 is 4.74. The van der Waals surface area contributed by atoms with Crippen LogP contribution in [-0.4, -0.2) is 25.7 Å². The highest BCUT2D eigenvalue weighted by Crippen LogP contribution is 2.26. The average Bonchev–Trinajstić information content (AvgIpc) is 2.43. The largest absolute Gasteiger partial charge is 0.466 e. The quantitative estimate of drug-likeness (QED) is 0.584. The predicted octanol–water partition coefficient (Wildman–Crippen LogP) is 3.05. The van der Waals surface area contributed by atoms with Crippen LogP contribution in [0.3, 0.4) is 0 Å². The van der Waals surface area contributed by atoms with Gasteiger partial charge in [0.15, 0.2) is 0 Å². The second-order valence-electron chi connectivity index (χ2n) is 5.17. The van der Waals surface area contributed by atoms with Gasteiger partial charge in [-0.05, 0) is 32.1 Å². The third-order valence-electron chi connectivity index (χ3n) is 3.97. The number of ether oxygens (including phenoxy) is 1. The molecule has 1 unspecified atom stereocenters. The molecule has 1 rings (SSSR count). The highest BCUT2D eigenvalue weighted by Gasteiger charge is 2.19. The molecule has 18 heavy (non-hydrogen) atoms. The number of esters is 1. The number of carbonyl (C=O) groups is 1. The van der Waals surface area contributed by atoms with Crippen molar-refractivity contribution in [1.29, 1.82) is 0 Å². The van der Waals surface area contributed by atoms with Crippen molar-refractivity contribution in [2.75, 3.05) is 13.7 Å². The van der Waals surface area contributed by atoms with Crippen molar-refractivity contribution in [3.63, 3.8) is 0 Å². The normalized spacial score (nSPS) is 19.6. The third kappa shape index (κ3) is 4.81. The highest BCUT2D eigenvalue weighted by molar-refractivity contribution is 5.88. The monoisotopic (exact) mass is 253 g/mol. The van der Waals surface area contributed by atoms with E-state index in [0.29, 0.717) is 6.04 Å². The topological polar surface area (TPSA) is 38.3 Å². The summed E-state index contributed by atoms with van der Waals surface area (Å²) in [6, 6.07) is 0.539. The summed E-state index contributed by atoms with van der Waals surface area (Å²) in [6.07, 6.45) is 9.51. The average molecular weight is 253 g/mol. The molecule has 1 saturated carbocycles. The molecule has 1 aliphatic rings. The van der Waals surface area contributed by atoms with Crippen LogP contribution in [0.4, 0.5) is 0 Å². The van der Waals surface area contributed by atoms with Crippen LogP contribution >= 0.6 is 0 Å². The zero-order valence-electron chi connectivity index (χ0n) is 12.0. The van der Waals surface area contributed by atoms with Gasteiger partial charge in [-0.2, -0.15) is 0 Å². The maximum absolute atomic E-state index is 11.4. The van der Waals surface area contributed by atoms with Crippen molar-refractivity contribution in [3.8, 4) is 0 Å². The summed E-state index contributed by atoms with van der Waals surface area (Å²) in [4.78, 5) is 11.4. The van der Waals surface area contributed by atoms with Crippen LogP contribution in [-0.2, 0) is 9.53 Å². The summed E-state index contributed by atoms with van der Waals surface area (Å²) in [5.74, 6) is 0.597. The Balaban J connectivity index is 2.34. The van der Waals surface area contributed by atoms with Gasteiger partial charge in [0.05, 0.1) is 7.11 Å². The Bertz CT molecular complexity index is 280. The fraction of sp³-hybridized carbons (Fsp3) is 0.800. The number of hydrogen-bond donors (Lipinski definition) is 1. The number of carbonyl (C=O) groups excluding carboxylic acids is 1. The zero-order chi connectivity index (χ0) is 13.4. The van der Waals surface area contributed by atoms with Gasteiger partial charge in [-0.15, -0.1) is 0 Å². The summed E-state index contributed by atoms with van der Waals surface area (Å²) in [7, 11) is 1.43. The van der Waals surface area contributed by atoms with E-state index in [2.05, 4.69) is 12.2 Å². The maximum Gasteiger partial charge on any atom is 0.333 e. The molecule has 0 amide bonds. The van der Waals surface area contributed by atoms with E-state index in [1.807, 2.05) is 13.0 Å². The minimum absolute atomic E-state index is 0.204. The minimum atomic E-state index is -0.204. The molecule has 0 saturated heterocycles. The van der Waals surface area contributed by atoms with Crippen molar-refractivity contribution >= 4 is 5.97 Å². The van der Waals surface area contributed by atoms with E-state index >= 15 is 0 Å². The van der Waals surface area contributed by atoms with E-state index in [4.69, 9.17) is 4.74 Å². The molecular weight excluding hydrogens is 226 g/mol. The lowest BCUT2D eigenvalue weighted by atomic mass is 9.84. The standard InChI is InChI=1S/C15H27NO2/c1-4-13(15(17)18-3)10-11-16-12(2)14-8-6-5-7-9-14/h10,12,14,16H,4-9,11H2,1-3H3. The minimum Gasteiger partial charge on any atom is -0.466 e. The van der Waals surface area contributed by atoms with Crippen LogP contribution in [0, 0.1) is 5.92 Å². The van der Waals surface area contributed by atoms with Gasteiger partial charge in [0, 0.05) is 18.2 Å². The van der Waals surface area contributed by atoms with Crippen LogP contribution in [0.15, 0.2) is 11.6 Å². The molecule has 0 aromatic carbocycles. The van der Waals surface area contributed by atoms with E-state index < -0.39 is 0 Å². The highest BCUT2D eigenvalue weighted by atomic mass is 16.5. The molecule has 0 spiro atoms. The van der Waals surface area contributed by atoms with Crippen LogP contribution < -0.4 is 5.32 Å². The van der Waals surface area contributed by atoms with Gasteiger partial charge in [0.1, 0.15) is 0 Å². The molecule has 3 heteroatoms. The van der Waals surface area contributed by atoms with Gasteiger partial charge >= 0.3 is 5.97 Å². The lowest BCUT2D eigenvalue weighted by molar-refractivity contribution is -0.136. The molecule has 0 aromatic heterocycles. The number of nitrogens with one attached hydrogen (secondary N) is 1. The molecule has 104 valence electrons. The van der Waals surface area contributed by atoms with Crippen molar-refractivity contribution in [3.05, 3.63) is 11.6 Å². The van der Waals surface area contributed by atoms with Gasteiger partial charge in [-0.25, -0.2) is 4.79 Å². The Morgan fingerprint density at radius 3 is 2.61 bits per heavy atom. The third-order valence-corrected chi connectivity index (χ3v) is 3.97. The van der Waals surface area contributed by atoms with E-state index in [9.17, 15) is 4.79 Å². The molecule has 1 aliphatic carbocycles. The molecule has 1 fully saturated rings. The van der Waals surface area contributed by atoms with Crippen LogP contribution in [0.5, 0.6) is 0 Å². The molecule has 0 heterocycles. The van der Waals surface area contributed by atoms with Crippen LogP contribution in [0.1, 0.15) is 52.4 Å². The second-order valence-corrected chi connectivity index (χ2v) is 5.17. The lowest BCUT2D eigenvalue weighted by Crippen LogP contribution is -2.34. The molecule has 3 nitrogen and oxygen atoms in total. The SMILES string of the molecule is CCC(=CCNC(C)C1CCCCC1)C(=O)OC. The van der Waals surface area contributed by atoms with E-state index in [-0.39, 0.29) is 5.97 Å². The molecule has 0 bridgehead atoms. The lowest BCUT2D eigenvalue weighted by Gasteiger charge is -2.28. The van der Waals surface area contributed by atoms with E-state index in [0.717, 1.165) is 24.5 Å².